The highest BCUT2D eigenvalue weighted by molar-refractivity contribution is 14.0. The molecule has 0 radical (unpaired) electrons. The number of fused-ring (bicyclic) bond motifs is 1. The molecule has 0 unspecified atom stereocenters. The lowest BCUT2D eigenvalue weighted by Crippen LogP contribution is -1.99. The summed E-state index contributed by atoms with van der Waals surface area (Å²) in [5.74, 6) is 0. The Bertz CT molecular complexity index is 480. The van der Waals surface area contributed by atoms with Crippen molar-refractivity contribution in [1.29, 1.82) is 0 Å². The second-order valence-corrected chi connectivity index (χ2v) is 4.58. The monoisotopic (exact) mass is 424 g/mol. The van der Waals surface area contributed by atoms with Gasteiger partial charge in [-0.2, -0.15) is 0 Å². The van der Waals surface area contributed by atoms with Crippen molar-refractivity contribution >= 4 is 50.8 Å². The fourth-order valence-electron chi connectivity index (χ4n) is 1.90. The number of halogens is 2. The summed E-state index contributed by atoms with van der Waals surface area (Å²) in [6, 6.07) is 4.28. The molecule has 0 amide bonds. The number of nitrogens with zero attached hydrogens (tertiary/aromatic N) is 2. The molecular formula is C14H22BrIN2. The van der Waals surface area contributed by atoms with Crippen molar-refractivity contribution in [3.8, 4) is 0 Å². The van der Waals surface area contributed by atoms with Crippen LogP contribution in [0.2, 0.25) is 0 Å². The Hall–Kier alpha value is -0.100. The number of hydrogen-bond donors (Lipinski definition) is 0. The number of aromatic nitrogens is 2. The molecule has 0 atom stereocenters. The minimum absolute atomic E-state index is 0. The standard InChI is InChI=1S/C12H15BrN2.C2H6.HI/c1-3-4-7-15-9(2)8-10-11(15)5-6-14-12(10)13;1-2;/h5-6,8H,3-4,7H2,1-2H3;1-2H3;1H. The second kappa shape index (κ2) is 8.91. The van der Waals surface area contributed by atoms with Gasteiger partial charge in [0.1, 0.15) is 4.60 Å². The van der Waals surface area contributed by atoms with E-state index < -0.39 is 0 Å². The average Bonchev–Trinajstić information content (AvgIpc) is 2.67. The zero-order valence-electron chi connectivity index (χ0n) is 11.5. The van der Waals surface area contributed by atoms with Gasteiger partial charge in [-0.3, -0.25) is 0 Å². The van der Waals surface area contributed by atoms with Gasteiger partial charge in [0.05, 0.1) is 5.52 Å². The van der Waals surface area contributed by atoms with Crippen molar-refractivity contribution in [3.05, 3.63) is 28.6 Å². The Balaban J connectivity index is 0.000000917. The van der Waals surface area contributed by atoms with Crippen molar-refractivity contribution in [2.24, 2.45) is 0 Å². The first-order valence-corrected chi connectivity index (χ1v) is 7.13. The predicted octanol–water partition coefficient (Wildman–Crippen LogP) is 5.55. The maximum absolute atomic E-state index is 4.25. The van der Waals surface area contributed by atoms with Crippen LogP contribution in [-0.2, 0) is 6.54 Å². The van der Waals surface area contributed by atoms with E-state index in [-0.39, 0.29) is 24.0 Å². The first kappa shape index (κ1) is 17.9. The molecule has 0 fully saturated rings. The molecule has 2 aromatic rings. The first-order valence-electron chi connectivity index (χ1n) is 6.34. The normalized spacial score (nSPS) is 9.61. The van der Waals surface area contributed by atoms with Crippen LogP contribution in [0.15, 0.2) is 22.9 Å². The van der Waals surface area contributed by atoms with E-state index in [9.17, 15) is 0 Å². The van der Waals surface area contributed by atoms with E-state index >= 15 is 0 Å². The molecule has 0 aliphatic rings. The highest BCUT2D eigenvalue weighted by Gasteiger charge is 2.07. The fraction of sp³-hybridized carbons (Fsp3) is 0.500. The molecule has 2 aromatic heterocycles. The third kappa shape index (κ3) is 3.95. The summed E-state index contributed by atoms with van der Waals surface area (Å²) in [6.45, 7) is 9.48. The van der Waals surface area contributed by atoms with Crippen LogP contribution in [0.4, 0.5) is 0 Å². The van der Waals surface area contributed by atoms with Gasteiger partial charge in [-0.1, -0.05) is 27.2 Å². The van der Waals surface area contributed by atoms with Crippen LogP contribution in [0.5, 0.6) is 0 Å². The van der Waals surface area contributed by atoms with Gasteiger partial charge in [0.25, 0.3) is 0 Å². The molecule has 18 heavy (non-hydrogen) atoms. The smallest absolute Gasteiger partial charge is 0.115 e. The van der Waals surface area contributed by atoms with E-state index in [2.05, 4.69) is 51.5 Å². The Morgan fingerprint density at radius 1 is 1.33 bits per heavy atom. The van der Waals surface area contributed by atoms with E-state index in [0.29, 0.717) is 0 Å². The Morgan fingerprint density at radius 3 is 2.61 bits per heavy atom. The lowest BCUT2D eigenvalue weighted by molar-refractivity contribution is 0.637. The minimum atomic E-state index is 0. The van der Waals surface area contributed by atoms with Gasteiger partial charge in [0.2, 0.25) is 0 Å². The topological polar surface area (TPSA) is 17.8 Å². The molecule has 102 valence electrons. The van der Waals surface area contributed by atoms with Crippen LogP contribution in [0.1, 0.15) is 39.3 Å². The number of hydrogen-bond acceptors (Lipinski definition) is 1. The summed E-state index contributed by atoms with van der Waals surface area (Å²) in [5.41, 5.74) is 2.59. The summed E-state index contributed by atoms with van der Waals surface area (Å²) in [4.78, 5) is 4.25. The summed E-state index contributed by atoms with van der Waals surface area (Å²) < 4.78 is 3.31. The summed E-state index contributed by atoms with van der Waals surface area (Å²) in [7, 11) is 0. The van der Waals surface area contributed by atoms with Crippen LogP contribution < -0.4 is 0 Å². The highest BCUT2D eigenvalue weighted by Crippen LogP contribution is 2.25. The third-order valence-electron chi connectivity index (χ3n) is 2.72. The first-order chi connectivity index (χ1) is 8.24. The Morgan fingerprint density at radius 2 is 2.00 bits per heavy atom. The van der Waals surface area contributed by atoms with Gasteiger partial charge in [-0.25, -0.2) is 4.98 Å². The molecule has 0 spiro atoms. The van der Waals surface area contributed by atoms with Crippen molar-refractivity contribution < 1.29 is 0 Å². The van der Waals surface area contributed by atoms with Gasteiger partial charge in [-0.15, -0.1) is 24.0 Å². The number of unbranched alkanes of at least 4 members (excludes halogenated alkanes) is 1. The lowest BCUT2D eigenvalue weighted by Gasteiger charge is -2.06. The fourth-order valence-corrected chi connectivity index (χ4v) is 2.33. The van der Waals surface area contributed by atoms with Crippen LogP contribution in [0, 0.1) is 6.92 Å². The van der Waals surface area contributed by atoms with Gasteiger partial charge in [0.15, 0.2) is 0 Å². The second-order valence-electron chi connectivity index (χ2n) is 3.83. The van der Waals surface area contributed by atoms with Crippen LogP contribution >= 0.6 is 39.9 Å². The quantitative estimate of drug-likeness (QED) is 0.466. The average molecular weight is 425 g/mol. The molecule has 0 saturated heterocycles. The van der Waals surface area contributed by atoms with Crippen molar-refractivity contribution in [2.75, 3.05) is 0 Å². The van der Waals surface area contributed by atoms with Crippen LogP contribution in [0.3, 0.4) is 0 Å². The van der Waals surface area contributed by atoms with Crippen molar-refractivity contribution in [2.45, 2.75) is 47.1 Å². The highest BCUT2D eigenvalue weighted by atomic mass is 127. The number of rotatable bonds is 3. The summed E-state index contributed by atoms with van der Waals surface area (Å²) >= 11 is 3.49. The summed E-state index contributed by atoms with van der Waals surface area (Å²) in [5, 5.41) is 1.21. The van der Waals surface area contributed by atoms with Gasteiger partial charge < -0.3 is 4.57 Å². The van der Waals surface area contributed by atoms with Gasteiger partial charge in [0, 0.05) is 23.8 Å². The maximum Gasteiger partial charge on any atom is 0.115 e. The molecule has 0 N–H and O–H groups in total. The molecular weight excluding hydrogens is 403 g/mol. The van der Waals surface area contributed by atoms with E-state index in [1.807, 2.05) is 20.0 Å². The molecule has 2 heterocycles. The molecule has 4 heteroatoms. The lowest BCUT2D eigenvalue weighted by atomic mass is 10.3. The zero-order chi connectivity index (χ0) is 12.8. The predicted molar refractivity (Wildman–Crippen MR) is 93.8 cm³/mol. The molecule has 0 saturated carbocycles. The van der Waals surface area contributed by atoms with Crippen molar-refractivity contribution in [3.63, 3.8) is 0 Å². The van der Waals surface area contributed by atoms with Gasteiger partial charge in [-0.05, 0) is 41.4 Å². The number of aryl methyl sites for hydroxylation is 2. The summed E-state index contributed by atoms with van der Waals surface area (Å²) in [6.07, 6.45) is 4.31. The third-order valence-corrected chi connectivity index (χ3v) is 3.36. The molecule has 2 nitrogen and oxygen atoms in total. The molecule has 0 aliphatic carbocycles. The van der Waals surface area contributed by atoms with Gasteiger partial charge >= 0.3 is 0 Å². The van der Waals surface area contributed by atoms with E-state index in [1.165, 1.54) is 29.4 Å². The molecule has 2 rings (SSSR count). The van der Waals surface area contributed by atoms with E-state index in [0.717, 1.165) is 11.1 Å². The minimum Gasteiger partial charge on any atom is -0.345 e. The van der Waals surface area contributed by atoms with E-state index in [4.69, 9.17) is 0 Å². The van der Waals surface area contributed by atoms with Crippen molar-refractivity contribution in [1.82, 2.24) is 9.55 Å². The van der Waals surface area contributed by atoms with Crippen LogP contribution in [0.25, 0.3) is 10.9 Å². The molecule has 0 aliphatic heterocycles. The van der Waals surface area contributed by atoms with Crippen LogP contribution in [-0.4, -0.2) is 9.55 Å². The molecule has 0 aromatic carbocycles. The largest absolute Gasteiger partial charge is 0.345 e. The van der Waals surface area contributed by atoms with E-state index in [1.54, 1.807) is 0 Å². The maximum atomic E-state index is 4.25. The number of pyridine rings is 1. The Labute approximate surface area is 135 Å². The SMILES string of the molecule is CC.CCCCn1c(C)cc2c(Br)nccc21.I. The zero-order valence-corrected chi connectivity index (χ0v) is 15.5. The molecule has 0 bridgehead atoms. The Kier molecular flexibility index (Phi) is 8.86.